The van der Waals surface area contributed by atoms with E-state index in [4.69, 9.17) is 5.11 Å². The average molecular weight is 307 g/mol. The number of carbonyl (C=O) groups excluding carboxylic acids is 1. The lowest BCUT2D eigenvalue weighted by Gasteiger charge is -2.16. The number of anilines is 1. The maximum absolute atomic E-state index is 11.9. The number of aromatic carboxylic acids is 2. The number of hydrogen-bond acceptors (Lipinski definition) is 3. The van der Waals surface area contributed by atoms with Gasteiger partial charge in [0.25, 0.3) is 0 Å². The van der Waals surface area contributed by atoms with E-state index in [1.807, 2.05) is 6.92 Å². The number of amides is 1. The molecule has 0 aliphatic carbocycles. The predicted molar refractivity (Wildman–Crippen MR) is 82.6 cm³/mol. The van der Waals surface area contributed by atoms with E-state index in [0.717, 1.165) is 19.3 Å². The van der Waals surface area contributed by atoms with Crippen molar-refractivity contribution in [3.8, 4) is 0 Å². The van der Waals surface area contributed by atoms with Crippen LogP contribution in [0.3, 0.4) is 0 Å². The molecule has 6 nitrogen and oxygen atoms in total. The SMILES string of the molecule is CCCCCC(=O)Nc1c(C)cc(C(=O)O)c(C)c1C(=O)O. The Labute approximate surface area is 129 Å². The lowest BCUT2D eigenvalue weighted by molar-refractivity contribution is -0.116. The third-order valence-electron chi connectivity index (χ3n) is 3.50. The molecule has 0 fully saturated rings. The number of benzene rings is 1. The number of nitrogens with one attached hydrogen (secondary N) is 1. The fraction of sp³-hybridized carbons (Fsp3) is 0.438. The van der Waals surface area contributed by atoms with Gasteiger partial charge in [0.2, 0.25) is 5.91 Å². The molecule has 6 heteroatoms. The highest BCUT2D eigenvalue weighted by Crippen LogP contribution is 2.28. The molecular weight excluding hydrogens is 286 g/mol. The summed E-state index contributed by atoms with van der Waals surface area (Å²) >= 11 is 0. The summed E-state index contributed by atoms with van der Waals surface area (Å²) in [4.78, 5) is 34.6. The largest absolute Gasteiger partial charge is 0.478 e. The Kier molecular flexibility index (Phi) is 6.10. The van der Waals surface area contributed by atoms with Gasteiger partial charge in [-0.3, -0.25) is 4.79 Å². The van der Waals surface area contributed by atoms with Crippen LogP contribution in [0.15, 0.2) is 6.07 Å². The van der Waals surface area contributed by atoms with Gasteiger partial charge in [0, 0.05) is 6.42 Å². The molecule has 0 aliphatic heterocycles. The summed E-state index contributed by atoms with van der Waals surface area (Å²) in [6.45, 7) is 5.04. The van der Waals surface area contributed by atoms with Gasteiger partial charge < -0.3 is 15.5 Å². The minimum absolute atomic E-state index is 0.0705. The average Bonchev–Trinajstić information content (AvgIpc) is 2.42. The summed E-state index contributed by atoms with van der Waals surface area (Å²) in [7, 11) is 0. The molecular formula is C16H21NO5. The molecule has 1 aromatic carbocycles. The lowest BCUT2D eigenvalue weighted by Crippen LogP contribution is -2.18. The van der Waals surface area contributed by atoms with Crippen molar-refractivity contribution in [2.75, 3.05) is 5.32 Å². The Morgan fingerprint density at radius 3 is 2.23 bits per heavy atom. The van der Waals surface area contributed by atoms with Crippen LogP contribution in [0.25, 0.3) is 0 Å². The van der Waals surface area contributed by atoms with Crippen molar-refractivity contribution in [1.82, 2.24) is 0 Å². The predicted octanol–water partition coefficient (Wildman–Crippen LogP) is 3.22. The monoisotopic (exact) mass is 307 g/mol. The molecule has 0 unspecified atom stereocenters. The van der Waals surface area contributed by atoms with Crippen LogP contribution in [0.5, 0.6) is 0 Å². The Bertz CT molecular complexity index is 607. The first-order valence-corrected chi connectivity index (χ1v) is 7.20. The van der Waals surface area contributed by atoms with Crippen molar-refractivity contribution >= 4 is 23.5 Å². The quantitative estimate of drug-likeness (QED) is 0.671. The van der Waals surface area contributed by atoms with Crippen LogP contribution in [0.2, 0.25) is 0 Å². The van der Waals surface area contributed by atoms with Gasteiger partial charge in [-0.2, -0.15) is 0 Å². The van der Waals surface area contributed by atoms with Crippen molar-refractivity contribution in [3.63, 3.8) is 0 Å². The van der Waals surface area contributed by atoms with E-state index in [1.165, 1.54) is 13.0 Å². The molecule has 1 rings (SSSR count). The summed E-state index contributed by atoms with van der Waals surface area (Å²) in [5, 5.41) is 21.1. The molecule has 1 aromatic rings. The Hall–Kier alpha value is -2.37. The highest BCUT2D eigenvalue weighted by atomic mass is 16.4. The fourth-order valence-corrected chi connectivity index (χ4v) is 2.30. The molecule has 0 spiro atoms. The topological polar surface area (TPSA) is 104 Å². The maximum Gasteiger partial charge on any atom is 0.338 e. The van der Waals surface area contributed by atoms with Gasteiger partial charge in [-0.25, -0.2) is 9.59 Å². The van der Waals surface area contributed by atoms with E-state index >= 15 is 0 Å². The number of rotatable bonds is 7. The number of carbonyl (C=O) groups is 3. The third kappa shape index (κ3) is 4.07. The summed E-state index contributed by atoms with van der Waals surface area (Å²) in [5.41, 5.74) is 0.496. The Morgan fingerprint density at radius 1 is 1.09 bits per heavy atom. The zero-order chi connectivity index (χ0) is 16.9. The Balaban J connectivity index is 3.19. The van der Waals surface area contributed by atoms with E-state index in [2.05, 4.69) is 5.32 Å². The van der Waals surface area contributed by atoms with Gasteiger partial charge in [-0.05, 0) is 37.5 Å². The van der Waals surface area contributed by atoms with E-state index in [9.17, 15) is 19.5 Å². The molecule has 0 aliphatic rings. The molecule has 0 saturated heterocycles. The zero-order valence-corrected chi connectivity index (χ0v) is 13.0. The minimum Gasteiger partial charge on any atom is -0.478 e. The lowest BCUT2D eigenvalue weighted by atomic mass is 9.96. The molecule has 0 bridgehead atoms. The van der Waals surface area contributed by atoms with Crippen molar-refractivity contribution in [1.29, 1.82) is 0 Å². The first-order valence-electron chi connectivity index (χ1n) is 7.20. The third-order valence-corrected chi connectivity index (χ3v) is 3.50. The second-order valence-electron chi connectivity index (χ2n) is 5.23. The molecule has 0 radical (unpaired) electrons. The molecule has 0 heterocycles. The van der Waals surface area contributed by atoms with Gasteiger partial charge in [0.05, 0.1) is 16.8 Å². The molecule has 0 saturated carbocycles. The smallest absolute Gasteiger partial charge is 0.338 e. The van der Waals surface area contributed by atoms with Crippen LogP contribution in [-0.4, -0.2) is 28.1 Å². The van der Waals surface area contributed by atoms with Crippen molar-refractivity contribution in [2.24, 2.45) is 0 Å². The second-order valence-corrected chi connectivity index (χ2v) is 5.23. The van der Waals surface area contributed by atoms with Gasteiger partial charge in [-0.1, -0.05) is 19.8 Å². The number of carboxylic acid groups (broad SMARTS) is 2. The molecule has 1 amide bonds. The van der Waals surface area contributed by atoms with Crippen LogP contribution in [0, 0.1) is 13.8 Å². The van der Waals surface area contributed by atoms with Crippen LogP contribution in [0.4, 0.5) is 5.69 Å². The number of hydrogen-bond donors (Lipinski definition) is 3. The molecule has 0 aromatic heterocycles. The summed E-state index contributed by atoms with van der Waals surface area (Å²) in [6, 6.07) is 1.38. The second kappa shape index (κ2) is 7.59. The van der Waals surface area contributed by atoms with E-state index in [-0.39, 0.29) is 28.3 Å². The maximum atomic E-state index is 11.9. The van der Waals surface area contributed by atoms with Crippen molar-refractivity contribution in [2.45, 2.75) is 46.5 Å². The summed E-state index contributed by atoms with van der Waals surface area (Å²) in [6.07, 6.45) is 2.95. The van der Waals surface area contributed by atoms with Gasteiger partial charge in [-0.15, -0.1) is 0 Å². The minimum atomic E-state index is -1.26. The molecule has 22 heavy (non-hydrogen) atoms. The van der Waals surface area contributed by atoms with Gasteiger partial charge in [0.15, 0.2) is 0 Å². The standard InChI is InChI=1S/C16H21NO5/c1-4-5-6-7-12(18)17-14-9(2)8-11(15(19)20)10(3)13(14)16(21)22/h8H,4-7H2,1-3H3,(H,17,18)(H,19,20)(H,21,22). The summed E-state index contributed by atoms with van der Waals surface area (Å²) in [5.74, 6) is -2.71. The van der Waals surface area contributed by atoms with E-state index in [0.29, 0.717) is 12.0 Å². The first kappa shape index (κ1) is 17.7. The van der Waals surface area contributed by atoms with Gasteiger partial charge >= 0.3 is 11.9 Å². The van der Waals surface area contributed by atoms with Crippen LogP contribution < -0.4 is 5.32 Å². The van der Waals surface area contributed by atoms with Crippen LogP contribution in [-0.2, 0) is 4.79 Å². The number of unbranched alkanes of at least 4 members (excludes halogenated alkanes) is 2. The normalized spacial score (nSPS) is 10.3. The van der Waals surface area contributed by atoms with Crippen LogP contribution >= 0.6 is 0 Å². The first-order chi connectivity index (χ1) is 10.3. The van der Waals surface area contributed by atoms with E-state index in [1.54, 1.807) is 6.92 Å². The van der Waals surface area contributed by atoms with Crippen LogP contribution in [0.1, 0.15) is 64.4 Å². The van der Waals surface area contributed by atoms with Gasteiger partial charge in [0.1, 0.15) is 0 Å². The Morgan fingerprint density at radius 2 is 1.73 bits per heavy atom. The molecule has 3 N–H and O–H groups in total. The number of carboxylic acids is 2. The highest BCUT2D eigenvalue weighted by Gasteiger charge is 2.22. The molecule has 0 atom stereocenters. The fourth-order valence-electron chi connectivity index (χ4n) is 2.30. The highest BCUT2D eigenvalue weighted by molar-refractivity contribution is 6.05. The summed E-state index contributed by atoms with van der Waals surface area (Å²) < 4.78 is 0. The van der Waals surface area contributed by atoms with E-state index < -0.39 is 11.9 Å². The van der Waals surface area contributed by atoms with Crippen molar-refractivity contribution < 1.29 is 24.6 Å². The molecule has 120 valence electrons. The van der Waals surface area contributed by atoms with Crippen molar-refractivity contribution in [3.05, 3.63) is 28.3 Å². The number of aryl methyl sites for hydroxylation is 1. The zero-order valence-electron chi connectivity index (χ0n) is 13.0.